The molecule has 18 heavy (non-hydrogen) atoms. The molecule has 2 amide bonds. The maximum Gasteiger partial charge on any atom is 0.242 e. The van der Waals surface area contributed by atoms with E-state index in [2.05, 4.69) is 10.6 Å². The lowest BCUT2D eigenvalue weighted by molar-refractivity contribution is -0.127. The summed E-state index contributed by atoms with van der Waals surface area (Å²) >= 11 is 11.7. The number of amides is 2. The highest BCUT2D eigenvalue weighted by Gasteiger charge is 2.13. The van der Waals surface area contributed by atoms with Crippen molar-refractivity contribution in [1.29, 1.82) is 0 Å². The molecule has 0 aliphatic carbocycles. The van der Waals surface area contributed by atoms with E-state index in [1.807, 2.05) is 0 Å². The minimum absolute atomic E-state index is 0.248. The van der Waals surface area contributed by atoms with E-state index in [4.69, 9.17) is 23.2 Å². The molecule has 0 aromatic heterocycles. The molecule has 0 heterocycles. The van der Waals surface area contributed by atoms with Crippen LogP contribution in [0.4, 0.5) is 0 Å². The maximum absolute atomic E-state index is 11.6. The molecule has 1 aromatic carbocycles. The minimum atomic E-state index is -0.575. The first-order valence-corrected chi connectivity index (χ1v) is 6.14. The Morgan fingerprint density at radius 3 is 2.56 bits per heavy atom. The second kappa shape index (κ2) is 6.61. The number of hydrogen-bond donors (Lipinski definition) is 2. The highest BCUT2D eigenvalue weighted by molar-refractivity contribution is 6.35. The zero-order chi connectivity index (χ0) is 13.7. The Morgan fingerprint density at radius 1 is 1.33 bits per heavy atom. The van der Waals surface area contributed by atoms with Gasteiger partial charge in [-0.2, -0.15) is 0 Å². The average Bonchev–Trinajstić information content (AvgIpc) is 2.26. The Morgan fingerprint density at radius 2 is 2.00 bits per heavy atom. The van der Waals surface area contributed by atoms with Crippen molar-refractivity contribution in [3.05, 3.63) is 33.8 Å². The third kappa shape index (κ3) is 4.55. The first kappa shape index (κ1) is 14.8. The van der Waals surface area contributed by atoms with Crippen molar-refractivity contribution in [1.82, 2.24) is 10.6 Å². The Kier molecular flexibility index (Phi) is 5.44. The number of benzene rings is 1. The van der Waals surface area contributed by atoms with E-state index in [9.17, 15) is 9.59 Å². The van der Waals surface area contributed by atoms with Crippen LogP contribution in [0.5, 0.6) is 0 Å². The monoisotopic (exact) mass is 288 g/mol. The van der Waals surface area contributed by atoms with Gasteiger partial charge in [0.2, 0.25) is 11.8 Å². The lowest BCUT2D eigenvalue weighted by Gasteiger charge is -2.13. The molecule has 0 aliphatic rings. The number of nitrogens with one attached hydrogen (secondary N) is 2. The van der Waals surface area contributed by atoms with Crippen LogP contribution in [0.1, 0.15) is 19.4 Å². The number of carbonyl (C=O) groups is 2. The summed E-state index contributed by atoms with van der Waals surface area (Å²) in [6.45, 7) is 3.26. The average molecular weight is 289 g/mol. The third-order valence-corrected chi connectivity index (χ3v) is 2.87. The van der Waals surface area contributed by atoms with E-state index in [1.54, 1.807) is 25.1 Å². The van der Waals surface area contributed by atoms with E-state index >= 15 is 0 Å². The molecule has 0 aliphatic heterocycles. The zero-order valence-electron chi connectivity index (χ0n) is 10.1. The topological polar surface area (TPSA) is 58.2 Å². The third-order valence-electron chi connectivity index (χ3n) is 2.28. The minimum Gasteiger partial charge on any atom is -0.350 e. The van der Waals surface area contributed by atoms with Gasteiger partial charge in [-0.25, -0.2) is 0 Å². The van der Waals surface area contributed by atoms with Gasteiger partial charge >= 0.3 is 0 Å². The van der Waals surface area contributed by atoms with Crippen molar-refractivity contribution >= 4 is 35.0 Å². The molecule has 0 spiro atoms. The molecule has 2 N–H and O–H groups in total. The summed E-state index contributed by atoms with van der Waals surface area (Å²) in [4.78, 5) is 22.4. The van der Waals surface area contributed by atoms with Gasteiger partial charge in [0.25, 0.3) is 0 Å². The van der Waals surface area contributed by atoms with E-state index in [0.29, 0.717) is 16.6 Å². The Labute approximate surface area is 116 Å². The van der Waals surface area contributed by atoms with Gasteiger partial charge < -0.3 is 10.6 Å². The standard InChI is InChI=1S/C12H14Cl2N2O2/c1-7(16-8(2)17)12(18)15-6-9-3-4-10(13)5-11(9)14/h3-5,7H,6H2,1-2H3,(H,15,18)(H,16,17). The fraction of sp³-hybridized carbons (Fsp3) is 0.333. The van der Waals surface area contributed by atoms with Crippen LogP contribution in [0.2, 0.25) is 10.0 Å². The van der Waals surface area contributed by atoms with Crippen LogP contribution >= 0.6 is 23.2 Å². The summed E-state index contributed by atoms with van der Waals surface area (Å²) in [5.41, 5.74) is 0.768. The molecule has 0 radical (unpaired) electrons. The summed E-state index contributed by atoms with van der Waals surface area (Å²) in [5, 5.41) is 6.22. The summed E-state index contributed by atoms with van der Waals surface area (Å²) in [6, 6.07) is 4.48. The second-order valence-corrected chi connectivity index (χ2v) is 4.72. The molecule has 98 valence electrons. The zero-order valence-corrected chi connectivity index (χ0v) is 11.6. The normalized spacial score (nSPS) is 11.8. The fourth-order valence-corrected chi connectivity index (χ4v) is 1.85. The Hall–Kier alpha value is -1.26. The van der Waals surface area contributed by atoms with Crippen molar-refractivity contribution in [2.45, 2.75) is 26.4 Å². The summed E-state index contributed by atoms with van der Waals surface area (Å²) < 4.78 is 0. The summed E-state index contributed by atoms with van der Waals surface area (Å²) in [5.74, 6) is -0.515. The predicted molar refractivity (Wildman–Crippen MR) is 71.6 cm³/mol. The smallest absolute Gasteiger partial charge is 0.242 e. The highest BCUT2D eigenvalue weighted by Crippen LogP contribution is 2.20. The molecular formula is C12H14Cl2N2O2. The summed E-state index contributed by atoms with van der Waals surface area (Å²) in [7, 11) is 0. The van der Waals surface area contributed by atoms with Gasteiger partial charge in [0, 0.05) is 23.5 Å². The molecular weight excluding hydrogens is 275 g/mol. The van der Waals surface area contributed by atoms with Crippen LogP contribution in [-0.2, 0) is 16.1 Å². The van der Waals surface area contributed by atoms with Crippen molar-refractivity contribution in [2.75, 3.05) is 0 Å². The quantitative estimate of drug-likeness (QED) is 0.892. The van der Waals surface area contributed by atoms with Crippen LogP contribution < -0.4 is 10.6 Å². The molecule has 0 fully saturated rings. The molecule has 0 saturated heterocycles. The van der Waals surface area contributed by atoms with E-state index in [-0.39, 0.29) is 11.8 Å². The molecule has 6 heteroatoms. The van der Waals surface area contributed by atoms with Crippen LogP contribution in [0.25, 0.3) is 0 Å². The molecule has 0 bridgehead atoms. The number of carbonyl (C=O) groups excluding carboxylic acids is 2. The van der Waals surface area contributed by atoms with Gasteiger partial charge in [-0.3, -0.25) is 9.59 Å². The van der Waals surface area contributed by atoms with Gasteiger partial charge in [0.1, 0.15) is 6.04 Å². The first-order chi connectivity index (χ1) is 8.40. The van der Waals surface area contributed by atoms with Gasteiger partial charge in [0.15, 0.2) is 0 Å². The largest absolute Gasteiger partial charge is 0.350 e. The number of rotatable bonds is 4. The van der Waals surface area contributed by atoms with E-state index < -0.39 is 6.04 Å². The van der Waals surface area contributed by atoms with Crippen LogP contribution in [0.15, 0.2) is 18.2 Å². The lowest BCUT2D eigenvalue weighted by atomic mass is 10.2. The number of hydrogen-bond acceptors (Lipinski definition) is 2. The molecule has 1 aromatic rings. The molecule has 0 saturated carbocycles. The van der Waals surface area contributed by atoms with Crippen LogP contribution in [0, 0.1) is 0 Å². The lowest BCUT2D eigenvalue weighted by Crippen LogP contribution is -2.43. The van der Waals surface area contributed by atoms with Crippen LogP contribution in [0.3, 0.4) is 0 Å². The van der Waals surface area contributed by atoms with Crippen LogP contribution in [-0.4, -0.2) is 17.9 Å². The van der Waals surface area contributed by atoms with Crippen molar-refractivity contribution in [2.24, 2.45) is 0 Å². The second-order valence-electron chi connectivity index (χ2n) is 3.88. The maximum atomic E-state index is 11.6. The Bertz CT molecular complexity index is 463. The van der Waals surface area contributed by atoms with Gasteiger partial charge in [-0.05, 0) is 24.6 Å². The van der Waals surface area contributed by atoms with E-state index in [0.717, 1.165) is 5.56 Å². The molecule has 1 atom stereocenters. The molecule has 4 nitrogen and oxygen atoms in total. The first-order valence-electron chi connectivity index (χ1n) is 5.39. The molecule has 1 unspecified atom stereocenters. The van der Waals surface area contributed by atoms with Crippen molar-refractivity contribution in [3.63, 3.8) is 0 Å². The molecule has 1 rings (SSSR count). The highest BCUT2D eigenvalue weighted by atomic mass is 35.5. The fourth-order valence-electron chi connectivity index (χ4n) is 1.37. The van der Waals surface area contributed by atoms with Gasteiger partial charge in [-0.15, -0.1) is 0 Å². The Balaban J connectivity index is 2.54. The van der Waals surface area contributed by atoms with Crippen molar-refractivity contribution in [3.8, 4) is 0 Å². The summed E-state index contributed by atoms with van der Waals surface area (Å²) in [6.07, 6.45) is 0. The number of halogens is 2. The van der Waals surface area contributed by atoms with Gasteiger partial charge in [-0.1, -0.05) is 29.3 Å². The SMILES string of the molecule is CC(=O)NC(C)C(=O)NCc1ccc(Cl)cc1Cl. The van der Waals surface area contributed by atoms with Crippen molar-refractivity contribution < 1.29 is 9.59 Å². The van der Waals surface area contributed by atoms with Gasteiger partial charge in [0.05, 0.1) is 0 Å². The predicted octanol–water partition coefficient (Wildman–Crippen LogP) is 2.13. The van der Waals surface area contributed by atoms with E-state index in [1.165, 1.54) is 6.92 Å².